The lowest BCUT2D eigenvalue weighted by Gasteiger charge is -2.30. The molecule has 24 heavy (non-hydrogen) atoms. The molecule has 1 amide bonds. The van der Waals surface area contributed by atoms with Gasteiger partial charge in [0.25, 0.3) is 5.91 Å². The number of carbonyl (C=O) groups is 1. The fourth-order valence-electron chi connectivity index (χ4n) is 3.81. The van der Waals surface area contributed by atoms with Gasteiger partial charge in [0.1, 0.15) is 5.75 Å². The van der Waals surface area contributed by atoms with Crippen molar-refractivity contribution in [3.63, 3.8) is 0 Å². The Balaban J connectivity index is 1.45. The van der Waals surface area contributed by atoms with Gasteiger partial charge in [0, 0.05) is 24.0 Å². The van der Waals surface area contributed by atoms with Crippen LogP contribution in [0.1, 0.15) is 22.5 Å². The van der Waals surface area contributed by atoms with Crippen molar-refractivity contribution in [1.82, 2.24) is 10.2 Å². The first kappa shape index (κ1) is 15.7. The van der Waals surface area contributed by atoms with Gasteiger partial charge in [-0.1, -0.05) is 12.1 Å². The van der Waals surface area contributed by atoms with Crippen molar-refractivity contribution in [3.05, 3.63) is 41.3 Å². The SMILES string of the molecule is COc1cccc(-c2ccc(C(=O)NC3CC4CCN(C4)C3)s2)c1. The molecule has 3 atom stereocenters. The molecule has 0 saturated carbocycles. The van der Waals surface area contributed by atoms with Gasteiger partial charge in [-0.3, -0.25) is 4.79 Å². The van der Waals surface area contributed by atoms with Gasteiger partial charge in [0.15, 0.2) is 0 Å². The van der Waals surface area contributed by atoms with Crippen molar-refractivity contribution in [2.24, 2.45) is 5.92 Å². The van der Waals surface area contributed by atoms with E-state index in [4.69, 9.17) is 4.74 Å². The third kappa shape index (κ3) is 3.19. The summed E-state index contributed by atoms with van der Waals surface area (Å²) in [7, 11) is 1.67. The number of nitrogens with one attached hydrogen (secondary N) is 1. The van der Waals surface area contributed by atoms with Gasteiger partial charge in [-0.25, -0.2) is 0 Å². The van der Waals surface area contributed by atoms with Crippen LogP contribution >= 0.6 is 11.3 Å². The highest BCUT2D eigenvalue weighted by molar-refractivity contribution is 7.17. The molecule has 2 bridgehead atoms. The molecule has 0 spiro atoms. The number of ether oxygens (including phenoxy) is 1. The van der Waals surface area contributed by atoms with Gasteiger partial charge >= 0.3 is 0 Å². The highest BCUT2D eigenvalue weighted by Gasteiger charge is 2.33. The minimum absolute atomic E-state index is 0.0571. The molecule has 3 heterocycles. The Bertz CT molecular complexity index is 730. The number of methoxy groups -OCH3 is 1. The lowest BCUT2D eigenvalue weighted by molar-refractivity contribution is 0.0913. The third-order valence-corrected chi connectivity index (χ3v) is 6.12. The fourth-order valence-corrected chi connectivity index (χ4v) is 4.72. The van der Waals surface area contributed by atoms with E-state index in [1.54, 1.807) is 7.11 Å². The van der Waals surface area contributed by atoms with Crippen molar-refractivity contribution < 1.29 is 9.53 Å². The predicted octanol–water partition coefficient (Wildman–Crippen LogP) is 3.25. The third-order valence-electron chi connectivity index (χ3n) is 4.99. The van der Waals surface area contributed by atoms with Gasteiger partial charge in [-0.15, -0.1) is 11.3 Å². The van der Waals surface area contributed by atoms with Crippen molar-refractivity contribution in [2.45, 2.75) is 18.9 Å². The second-order valence-corrected chi connectivity index (χ2v) is 7.80. The number of hydrogen-bond acceptors (Lipinski definition) is 4. The van der Waals surface area contributed by atoms with Crippen molar-refractivity contribution >= 4 is 17.2 Å². The van der Waals surface area contributed by atoms with Crippen LogP contribution in [0.3, 0.4) is 0 Å². The molecule has 3 unspecified atom stereocenters. The normalized spacial score (nSPS) is 25.5. The summed E-state index contributed by atoms with van der Waals surface area (Å²) in [6, 6.07) is 12.2. The molecule has 2 aromatic rings. The van der Waals surface area contributed by atoms with Crippen LogP contribution < -0.4 is 10.1 Å². The number of piperidine rings is 1. The maximum Gasteiger partial charge on any atom is 0.261 e. The number of nitrogens with zero attached hydrogens (tertiary/aromatic N) is 1. The van der Waals surface area contributed by atoms with E-state index in [1.807, 2.05) is 36.4 Å². The lowest BCUT2D eigenvalue weighted by atomic mass is 9.97. The van der Waals surface area contributed by atoms with Gasteiger partial charge in [0.2, 0.25) is 0 Å². The van der Waals surface area contributed by atoms with Crippen molar-refractivity contribution in [2.75, 3.05) is 26.7 Å². The van der Waals surface area contributed by atoms with Crippen LogP contribution in [0.15, 0.2) is 36.4 Å². The Kier molecular flexibility index (Phi) is 4.29. The molecule has 0 radical (unpaired) electrons. The highest BCUT2D eigenvalue weighted by Crippen LogP contribution is 2.31. The largest absolute Gasteiger partial charge is 0.497 e. The van der Waals surface area contributed by atoms with E-state index >= 15 is 0 Å². The summed E-state index contributed by atoms with van der Waals surface area (Å²) in [6.07, 6.45) is 2.40. The van der Waals surface area contributed by atoms with Crippen molar-refractivity contribution in [3.8, 4) is 16.2 Å². The Hall–Kier alpha value is -1.85. The van der Waals surface area contributed by atoms with Crippen LogP contribution in [-0.2, 0) is 0 Å². The molecule has 2 aliphatic rings. The number of benzene rings is 1. The maximum absolute atomic E-state index is 12.6. The molecule has 5 heteroatoms. The number of thiophene rings is 1. The smallest absolute Gasteiger partial charge is 0.261 e. The van der Waals surface area contributed by atoms with Gasteiger partial charge in [-0.05, 0) is 55.1 Å². The first-order valence-corrected chi connectivity index (χ1v) is 9.30. The van der Waals surface area contributed by atoms with Crippen LogP contribution in [0.4, 0.5) is 0 Å². The highest BCUT2D eigenvalue weighted by atomic mass is 32.1. The van der Waals surface area contributed by atoms with E-state index in [2.05, 4.69) is 10.2 Å². The first-order chi connectivity index (χ1) is 11.7. The first-order valence-electron chi connectivity index (χ1n) is 8.49. The van der Waals surface area contributed by atoms with Crippen LogP contribution in [0, 0.1) is 5.92 Å². The topological polar surface area (TPSA) is 41.6 Å². The monoisotopic (exact) mass is 342 g/mol. The average molecular weight is 342 g/mol. The second-order valence-electron chi connectivity index (χ2n) is 6.72. The molecule has 1 aromatic carbocycles. The predicted molar refractivity (Wildman–Crippen MR) is 96.7 cm³/mol. The summed E-state index contributed by atoms with van der Waals surface area (Å²) in [5.74, 6) is 1.65. The van der Waals surface area contributed by atoms with E-state index in [-0.39, 0.29) is 5.91 Å². The number of fused-ring (bicyclic) bond motifs is 2. The molecule has 0 aliphatic carbocycles. The van der Waals surface area contributed by atoms with E-state index in [0.717, 1.165) is 40.0 Å². The number of carbonyl (C=O) groups excluding carboxylic acids is 1. The fraction of sp³-hybridized carbons (Fsp3) is 0.421. The minimum Gasteiger partial charge on any atom is -0.497 e. The van der Waals surface area contributed by atoms with Crippen LogP contribution in [0.5, 0.6) is 5.75 Å². The molecule has 2 aliphatic heterocycles. The van der Waals surface area contributed by atoms with Crippen LogP contribution in [0.2, 0.25) is 0 Å². The van der Waals surface area contributed by atoms with Crippen molar-refractivity contribution in [1.29, 1.82) is 0 Å². The van der Waals surface area contributed by atoms with Gasteiger partial charge in [0.05, 0.1) is 12.0 Å². The van der Waals surface area contributed by atoms with Crippen LogP contribution in [0.25, 0.3) is 10.4 Å². The molecule has 4 rings (SSSR count). The molecular formula is C19H22N2O2S. The van der Waals surface area contributed by atoms with Gasteiger partial charge in [-0.2, -0.15) is 0 Å². The van der Waals surface area contributed by atoms with E-state index in [1.165, 1.54) is 30.8 Å². The van der Waals surface area contributed by atoms with E-state index in [9.17, 15) is 4.79 Å². The summed E-state index contributed by atoms with van der Waals surface area (Å²) < 4.78 is 5.28. The number of rotatable bonds is 4. The summed E-state index contributed by atoms with van der Waals surface area (Å²) in [5, 5.41) is 3.23. The molecule has 2 saturated heterocycles. The Morgan fingerprint density at radius 2 is 2.21 bits per heavy atom. The number of amides is 1. The standard InChI is InChI=1S/C19H22N2O2S/c1-23-16-4-2-3-14(10-16)17-5-6-18(24-17)19(22)20-15-9-13-7-8-21(11-13)12-15/h2-6,10,13,15H,7-9,11-12H2,1H3,(H,20,22). The summed E-state index contributed by atoms with van der Waals surface area (Å²) in [6.45, 7) is 3.40. The van der Waals surface area contributed by atoms with Crippen LogP contribution in [-0.4, -0.2) is 43.6 Å². The van der Waals surface area contributed by atoms with Gasteiger partial charge < -0.3 is 15.0 Å². The summed E-state index contributed by atoms with van der Waals surface area (Å²) in [5.41, 5.74) is 1.08. The minimum atomic E-state index is 0.0571. The van der Waals surface area contributed by atoms with E-state index < -0.39 is 0 Å². The lowest BCUT2D eigenvalue weighted by Crippen LogP contribution is -2.46. The average Bonchev–Trinajstić information content (AvgIpc) is 3.22. The molecule has 1 N–H and O–H groups in total. The molecular weight excluding hydrogens is 320 g/mol. The molecule has 4 nitrogen and oxygen atoms in total. The quantitative estimate of drug-likeness (QED) is 0.927. The second kappa shape index (κ2) is 6.57. The summed E-state index contributed by atoms with van der Waals surface area (Å²) in [4.78, 5) is 16.9. The Morgan fingerprint density at radius 1 is 1.29 bits per heavy atom. The number of hydrogen-bond donors (Lipinski definition) is 1. The molecule has 126 valence electrons. The zero-order valence-electron chi connectivity index (χ0n) is 13.8. The Morgan fingerprint density at radius 3 is 3.04 bits per heavy atom. The molecule has 2 fully saturated rings. The van der Waals surface area contributed by atoms with E-state index in [0.29, 0.717) is 6.04 Å². The summed E-state index contributed by atoms with van der Waals surface area (Å²) >= 11 is 1.54. The Labute approximate surface area is 146 Å². The zero-order chi connectivity index (χ0) is 16.5. The zero-order valence-corrected chi connectivity index (χ0v) is 14.6. The molecule has 1 aromatic heterocycles. The maximum atomic E-state index is 12.6.